The molecular formula is C17H22ClN7O2. The van der Waals surface area contributed by atoms with E-state index < -0.39 is 0 Å². The lowest BCUT2D eigenvalue weighted by atomic mass is 10.1. The lowest BCUT2D eigenvalue weighted by Crippen LogP contribution is -2.28. The number of hydrogen-bond donors (Lipinski definition) is 3. The minimum atomic E-state index is -0.0363. The molecule has 0 bridgehead atoms. The number of aromatic nitrogens is 4. The molecule has 9 nitrogen and oxygen atoms in total. The topological polar surface area (TPSA) is 108 Å². The Morgan fingerprint density at radius 2 is 2.33 bits per heavy atom. The summed E-state index contributed by atoms with van der Waals surface area (Å²) in [6, 6.07) is 0. The third-order valence-corrected chi connectivity index (χ3v) is 4.57. The minimum absolute atomic E-state index is 0.0175. The van der Waals surface area contributed by atoms with Crippen LogP contribution in [0.15, 0.2) is 31.2 Å². The summed E-state index contributed by atoms with van der Waals surface area (Å²) < 4.78 is 1.62. The van der Waals surface area contributed by atoms with E-state index in [2.05, 4.69) is 32.3 Å². The lowest BCUT2D eigenvalue weighted by molar-refractivity contribution is -0.125. The first-order chi connectivity index (χ1) is 13.1. The molecule has 3 rings (SSSR count). The molecule has 1 fully saturated rings. The molecule has 1 atom stereocenters. The van der Waals surface area contributed by atoms with Gasteiger partial charge in [-0.3, -0.25) is 9.48 Å². The summed E-state index contributed by atoms with van der Waals surface area (Å²) in [5, 5.41) is 19.8. The first kappa shape index (κ1) is 19.1. The van der Waals surface area contributed by atoms with Gasteiger partial charge >= 0.3 is 0 Å². The maximum absolute atomic E-state index is 11.7. The van der Waals surface area contributed by atoms with Gasteiger partial charge in [0.05, 0.1) is 31.2 Å². The SMILES string of the molecule is C=CC(=O)N1CC[C@H](CNc2nc(Nc3cnn(CCO)c3)ncc2Cl)C1. The Bertz CT molecular complexity index is 810. The van der Waals surface area contributed by atoms with Crippen molar-refractivity contribution in [2.24, 2.45) is 5.92 Å². The van der Waals surface area contributed by atoms with E-state index in [1.807, 2.05) is 0 Å². The molecule has 3 heterocycles. The molecule has 10 heteroatoms. The number of carbonyl (C=O) groups excluding carboxylic acids is 1. The van der Waals surface area contributed by atoms with Crippen molar-refractivity contribution in [1.29, 1.82) is 0 Å². The Kier molecular flexibility index (Phi) is 6.25. The molecule has 2 aromatic heterocycles. The number of nitrogens with zero attached hydrogens (tertiary/aromatic N) is 5. The number of halogens is 1. The number of rotatable bonds is 8. The van der Waals surface area contributed by atoms with Crippen molar-refractivity contribution in [1.82, 2.24) is 24.6 Å². The third kappa shape index (κ3) is 4.95. The summed E-state index contributed by atoms with van der Waals surface area (Å²) in [7, 11) is 0. The monoisotopic (exact) mass is 391 g/mol. The van der Waals surface area contributed by atoms with Crippen LogP contribution in [-0.2, 0) is 11.3 Å². The molecule has 2 aromatic rings. The van der Waals surface area contributed by atoms with Crippen LogP contribution in [0, 0.1) is 5.92 Å². The van der Waals surface area contributed by atoms with E-state index in [1.54, 1.807) is 22.0 Å². The van der Waals surface area contributed by atoms with Gasteiger partial charge in [0.15, 0.2) is 5.82 Å². The van der Waals surface area contributed by atoms with Crippen LogP contribution in [-0.4, -0.2) is 61.9 Å². The molecule has 0 saturated carbocycles. The summed E-state index contributed by atoms with van der Waals surface area (Å²) in [5.74, 6) is 1.21. The Hall–Kier alpha value is -2.65. The van der Waals surface area contributed by atoms with Crippen LogP contribution in [0.25, 0.3) is 0 Å². The highest BCUT2D eigenvalue weighted by Crippen LogP contribution is 2.23. The molecule has 0 spiro atoms. The fourth-order valence-electron chi connectivity index (χ4n) is 2.90. The van der Waals surface area contributed by atoms with Crippen molar-refractivity contribution < 1.29 is 9.90 Å². The first-order valence-electron chi connectivity index (χ1n) is 8.67. The van der Waals surface area contributed by atoms with Gasteiger partial charge in [-0.25, -0.2) is 4.98 Å². The summed E-state index contributed by atoms with van der Waals surface area (Å²) in [6.45, 7) is 6.05. The number of aliphatic hydroxyl groups is 1. The summed E-state index contributed by atoms with van der Waals surface area (Å²) in [5.41, 5.74) is 0.714. The molecule has 3 N–H and O–H groups in total. The number of likely N-dealkylation sites (tertiary alicyclic amines) is 1. The molecule has 144 valence electrons. The van der Waals surface area contributed by atoms with E-state index in [0.29, 0.717) is 48.0 Å². The molecule has 1 amide bonds. The van der Waals surface area contributed by atoms with E-state index in [4.69, 9.17) is 16.7 Å². The summed E-state index contributed by atoms with van der Waals surface area (Å²) >= 11 is 6.19. The zero-order valence-electron chi connectivity index (χ0n) is 14.8. The number of amides is 1. The molecular weight excluding hydrogens is 370 g/mol. The van der Waals surface area contributed by atoms with E-state index in [9.17, 15) is 4.79 Å². The quantitative estimate of drug-likeness (QED) is 0.585. The van der Waals surface area contributed by atoms with Gasteiger partial charge in [0.25, 0.3) is 0 Å². The highest BCUT2D eigenvalue weighted by atomic mass is 35.5. The largest absolute Gasteiger partial charge is 0.394 e. The van der Waals surface area contributed by atoms with Gasteiger partial charge < -0.3 is 20.6 Å². The predicted octanol–water partition coefficient (Wildman–Crippen LogP) is 1.51. The first-order valence-corrected chi connectivity index (χ1v) is 9.05. The van der Waals surface area contributed by atoms with Crippen LogP contribution in [0.2, 0.25) is 5.02 Å². The van der Waals surface area contributed by atoms with Gasteiger partial charge in [0.2, 0.25) is 11.9 Å². The molecule has 1 aliphatic heterocycles. The van der Waals surface area contributed by atoms with E-state index in [1.165, 1.54) is 12.3 Å². The predicted molar refractivity (Wildman–Crippen MR) is 103 cm³/mol. The highest BCUT2D eigenvalue weighted by molar-refractivity contribution is 6.32. The number of aliphatic hydroxyl groups excluding tert-OH is 1. The second-order valence-electron chi connectivity index (χ2n) is 6.25. The average Bonchev–Trinajstić information content (AvgIpc) is 3.31. The lowest BCUT2D eigenvalue weighted by Gasteiger charge is -2.15. The van der Waals surface area contributed by atoms with Gasteiger partial charge in [-0.1, -0.05) is 18.2 Å². The normalized spacial score (nSPS) is 16.4. The van der Waals surface area contributed by atoms with Crippen molar-refractivity contribution in [2.75, 3.05) is 36.9 Å². The Labute approximate surface area is 162 Å². The zero-order chi connectivity index (χ0) is 19.2. The Balaban J connectivity index is 1.58. The van der Waals surface area contributed by atoms with E-state index in [0.717, 1.165) is 13.0 Å². The van der Waals surface area contributed by atoms with Crippen molar-refractivity contribution >= 4 is 35.0 Å². The maximum Gasteiger partial charge on any atom is 0.245 e. The summed E-state index contributed by atoms with van der Waals surface area (Å²) in [6.07, 6.45) is 7.18. The van der Waals surface area contributed by atoms with Crippen LogP contribution >= 0.6 is 11.6 Å². The van der Waals surface area contributed by atoms with Crippen LogP contribution in [0.1, 0.15) is 6.42 Å². The van der Waals surface area contributed by atoms with E-state index in [-0.39, 0.29) is 12.5 Å². The van der Waals surface area contributed by atoms with Crippen molar-refractivity contribution in [2.45, 2.75) is 13.0 Å². The van der Waals surface area contributed by atoms with Gasteiger partial charge in [0, 0.05) is 25.8 Å². The second-order valence-corrected chi connectivity index (χ2v) is 6.66. The average molecular weight is 392 g/mol. The van der Waals surface area contributed by atoms with Gasteiger partial charge in [-0.2, -0.15) is 10.1 Å². The van der Waals surface area contributed by atoms with E-state index >= 15 is 0 Å². The van der Waals surface area contributed by atoms with Crippen molar-refractivity contribution in [3.8, 4) is 0 Å². The van der Waals surface area contributed by atoms with Crippen LogP contribution in [0.3, 0.4) is 0 Å². The Morgan fingerprint density at radius 1 is 1.48 bits per heavy atom. The molecule has 1 saturated heterocycles. The zero-order valence-corrected chi connectivity index (χ0v) is 15.6. The number of nitrogens with one attached hydrogen (secondary N) is 2. The molecule has 1 aliphatic rings. The summed E-state index contributed by atoms with van der Waals surface area (Å²) in [4.78, 5) is 22.0. The fourth-order valence-corrected chi connectivity index (χ4v) is 3.06. The number of carbonyl (C=O) groups is 1. The number of hydrogen-bond acceptors (Lipinski definition) is 7. The van der Waals surface area contributed by atoms with Crippen molar-refractivity contribution in [3.63, 3.8) is 0 Å². The maximum atomic E-state index is 11.7. The van der Waals surface area contributed by atoms with Gasteiger partial charge in [0.1, 0.15) is 5.02 Å². The minimum Gasteiger partial charge on any atom is -0.394 e. The van der Waals surface area contributed by atoms with Crippen molar-refractivity contribution in [3.05, 3.63) is 36.3 Å². The molecule has 0 unspecified atom stereocenters. The number of anilines is 3. The standard InChI is InChI=1S/C17H22ClN7O2/c1-2-15(27)24-4-3-12(10-24)7-19-16-14(18)9-20-17(23-16)22-13-8-21-25(11-13)5-6-26/h2,8-9,11-12,26H,1,3-7,10H2,(H2,19,20,22,23)/t12-/m1/s1. The molecule has 0 radical (unpaired) electrons. The van der Waals surface area contributed by atoms with Gasteiger partial charge in [-0.05, 0) is 18.4 Å². The van der Waals surface area contributed by atoms with Crippen LogP contribution in [0.4, 0.5) is 17.5 Å². The smallest absolute Gasteiger partial charge is 0.245 e. The molecule has 0 aliphatic carbocycles. The Morgan fingerprint density at radius 3 is 3.11 bits per heavy atom. The van der Waals surface area contributed by atoms with Crippen LogP contribution in [0.5, 0.6) is 0 Å². The van der Waals surface area contributed by atoms with Crippen LogP contribution < -0.4 is 10.6 Å². The molecule has 27 heavy (non-hydrogen) atoms. The van der Waals surface area contributed by atoms with Gasteiger partial charge in [-0.15, -0.1) is 0 Å². The second kappa shape index (κ2) is 8.83. The third-order valence-electron chi connectivity index (χ3n) is 4.29. The fraction of sp³-hybridized carbons (Fsp3) is 0.412. The molecule has 0 aromatic carbocycles. The highest BCUT2D eigenvalue weighted by Gasteiger charge is 2.24.